The smallest absolute Gasteiger partial charge is 0.258 e. The highest BCUT2D eigenvalue weighted by Crippen LogP contribution is 2.36. The molecule has 2 aromatic rings. The molecule has 0 spiro atoms. The van der Waals surface area contributed by atoms with Crippen LogP contribution in [0.4, 0.5) is 5.69 Å². The Hall–Kier alpha value is -1.07. The van der Waals surface area contributed by atoms with E-state index in [9.17, 15) is 18.5 Å². The lowest BCUT2D eigenvalue weighted by molar-refractivity contribution is -0.384. The number of sulfonamides is 1. The van der Waals surface area contributed by atoms with E-state index in [4.69, 9.17) is 11.6 Å². The summed E-state index contributed by atoms with van der Waals surface area (Å²) in [5, 5.41) is 13.1. The summed E-state index contributed by atoms with van der Waals surface area (Å²) in [6.07, 6.45) is 2.09. The Kier molecular flexibility index (Phi) is 4.94. The Labute approximate surface area is 133 Å². The Morgan fingerprint density at radius 3 is 2.76 bits per heavy atom. The van der Waals surface area contributed by atoms with Crippen molar-refractivity contribution in [1.82, 2.24) is 9.71 Å². The predicted octanol–water partition coefficient (Wildman–Crippen LogP) is 3.20. The lowest BCUT2D eigenvalue weighted by Gasteiger charge is -2.13. The van der Waals surface area contributed by atoms with Gasteiger partial charge in [-0.1, -0.05) is 18.5 Å². The average Bonchev–Trinajstić information content (AvgIpc) is 3.05. The van der Waals surface area contributed by atoms with E-state index in [0.29, 0.717) is 22.8 Å². The topological polar surface area (TPSA) is 102 Å². The van der Waals surface area contributed by atoms with Gasteiger partial charge in [0.25, 0.3) is 15.7 Å². The zero-order valence-corrected chi connectivity index (χ0v) is 13.9. The number of halogens is 1. The van der Waals surface area contributed by atoms with Crippen LogP contribution in [0.25, 0.3) is 0 Å². The average molecular weight is 368 g/mol. The maximum atomic E-state index is 12.3. The van der Waals surface area contributed by atoms with Gasteiger partial charge in [-0.25, -0.2) is 18.1 Å². The first-order valence-electron chi connectivity index (χ1n) is 5.70. The third-order valence-electron chi connectivity index (χ3n) is 2.56. The van der Waals surface area contributed by atoms with E-state index in [1.807, 2.05) is 6.92 Å². The second-order valence-electron chi connectivity index (χ2n) is 3.93. The molecule has 0 saturated heterocycles. The molecule has 2 heterocycles. The Bertz CT molecular complexity index is 742. The van der Waals surface area contributed by atoms with Gasteiger partial charge in [-0.3, -0.25) is 10.1 Å². The van der Waals surface area contributed by atoms with Crippen LogP contribution in [-0.2, 0) is 10.0 Å². The highest BCUT2D eigenvalue weighted by atomic mass is 35.5. The number of aromatic nitrogens is 1. The minimum Gasteiger partial charge on any atom is -0.258 e. The summed E-state index contributed by atoms with van der Waals surface area (Å²) >= 11 is 7.68. The fourth-order valence-electron chi connectivity index (χ4n) is 1.56. The fourth-order valence-corrected chi connectivity index (χ4v) is 5.37. The molecule has 2 rings (SSSR count). The number of rotatable bonds is 6. The summed E-state index contributed by atoms with van der Waals surface area (Å²) in [5.74, 6) is 0. The van der Waals surface area contributed by atoms with Gasteiger partial charge in [0.05, 0.1) is 11.0 Å². The van der Waals surface area contributed by atoms with Gasteiger partial charge < -0.3 is 0 Å². The summed E-state index contributed by atoms with van der Waals surface area (Å²) in [6, 6.07) is 0.485. The van der Waals surface area contributed by atoms with Crippen molar-refractivity contribution in [3.63, 3.8) is 0 Å². The first-order valence-corrected chi connectivity index (χ1v) is 9.26. The van der Waals surface area contributed by atoms with E-state index in [1.54, 1.807) is 11.6 Å². The van der Waals surface area contributed by atoms with Crippen LogP contribution in [0.15, 0.2) is 21.9 Å². The van der Waals surface area contributed by atoms with E-state index >= 15 is 0 Å². The number of nitrogens with one attached hydrogen (secondary N) is 1. The van der Waals surface area contributed by atoms with Crippen LogP contribution in [0.2, 0.25) is 4.34 Å². The standard InChI is InChI=1S/C10H10ClN3O4S3/c1-2-6(10-12-3-4-19-10)13-21(17,18)8-5-7(14(15)16)9(11)20-8/h3-6,13H,2H2,1H3. The number of thiazole rings is 1. The molecule has 21 heavy (non-hydrogen) atoms. The van der Waals surface area contributed by atoms with Crippen molar-refractivity contribution in [2.75, 3.05) is 0 Å². The molecule has 0 bridgehead atoms. The van der Waals surface area contributed by atoms with E-state index in [1.165, 1.54) is 11.3 Å². The van der Waals surface area contributed by atoms with Gasteiger partial charge in [0.15, 0.2) is 4.34 Å². The zero-order chi connectivity index (χ0) is 15.6. The van der Waals surface area contributed by atoms with E-state index in [0.717, 1.165) is 6.07 Å². The number of nitrogens with zero attached hydrogens (tertiary/aromatic N) is 2. The molecule has 0 amide bonds. The molecule has 7 nitrogen and oxygen atoms in total. The lowest BCUT2D eigenvalue weighted by atomic mass is 10.3. The Morgan fingerprint density at radius 1 is 1.57 bits per heavy atom. The van der Waals surface area contributed by atoms with Gasteiger partial charge in [0, 0.05) is 17.6 Å². The first-order chi connectivity index (χ1) is 9.85. The van der Waals surface area contributed by atoms with Crippen molar-refractivity contribution in [2.45, 2.75) is 23.6 Å². The Balaban J connectivity index is 2.30. The van der Waals surface area contributed by atoms with Gasteiger partial charge in [-0.05, 0) is 6.42 Å². The highest BCUT2D eigenvalue weighted by Gasteiger charge is 2.28. The number of hydrogen-bond donors (Lipinski definition) is 1. The summed E-state index contributed by atoms with van der Waals surface area (Å²) in [5.41, 5.74) is -0.413. The van der Waals surface area contributed by atoms with Crippen molar-refractivity contribution >= 4 is 50.0 Å². The van der Waals surface area contributed by atoms with Crippen LogP contribution in [0.5, 0.6) is 0 Å². The molecule has 0 radical (unpaired) electrons. The maximum absolute atomic E-state index is 12.3. The van der Waals surface area contributed by atoms with Gasteiger partial charge in [0.1, 0.15) is 9.22 Å². The molecule has 0 fully saturated rings. The number of nitro groups is 1. The van der Waals surface area contributed by atoms with Gasteiger partial charge >= 0.3 is 0 Å². The molecule has 0 aliphatic rings. The van der Waals surface area contributed by atoms with E-state index < -0.39 is 26.7 Å². The van der Waals surface area contributed by atoms with Crippen LogP contribution in [0, 0.1) is 10.1 Å². The van der Waals surface area contributed by atoms with Crippen molar-refractivity contribution < 1.29 is 13.3 Å². The van der Waals surface area contributed by atoms with Crippen LogP contribution < -0.4 is 4.72 Å². The van der Waals surface area contributed by atoms with Crippen LogP contribution in [0.3, 0.4) is 0 Å². The SMILES string of the molecule is CCC(NS(=O)(=O)c1cc([N+](=O)[O-])c(Cl)s1)c1nccs1. The minimum atomic E-state index is -3.89. The minimum absolute atomic E-state index is 0.164. The van der Waals surface area contributed by atoms with Gasteiger partial charge in [0.2, 0.25) is 0 Å². The van der Waals surface area contributed by atoms with Crippen LogP contribution in [0.1, 0.15) is 24.4 Å². The van der Waals surface area contributed by atoms with Crippen molar-refractivity contribution in [1.29, 1.82) is 0 Å². The first kappa shape index (κ1) is 16.3. The van der Waals surface area contributed by atoms with Gasteiger partial charge in [-0.15, -0.1) is 22.7 Å². The van der Waals surface area contributed by atoms with Crippen LogP contribution in [-0.4, -0.2) is 18.3 Å². The molecule has 1 unspecified atom stereocenters. The fraction of sp³-hybridized carbons (Fsp3) is 0.300. The molecular weight excluding hydrogens is 358 g/mol. The van der Waals surface area contributed by atoms with Crippen molar-refractivity contribution in [3.05, 3.63) is 37.1 Å². The third-order valence-corrected chi connectivity index (χ3v) is 6.74. The predicted molar refractivity (Wildman–Crippen MR) is 81.5 cm³/mol. The molecule has 11 heteroatoms. The summed E-state index contributed by atoms with van der Waals surface area (Å²) in [4.78, 5) is 14.1. The van der Waals surface area contributed by atoms with Gasteiger partial charge in [-0.2, -0.15) is 0 Å². The number of hydrogen-bond acceptors (Lipinski definition) is 7. The maximum Gasteiger partial charge on any atom is 0.300 e. The second-order valence-corrected chi connectivity index (χ2v) is 8.46. The van der Waals surface area contributed by atoms with E-state index in [-0.39, 0.29) is 8.55 Å². The normalized spacial score (nSPS) is 13.2. The molecular formula is C10H10ClN3O4S3. The molecule has 0 aliphatic carbocycles. The molecule has 0 aliphatic heterocycles. The summed E-state index contributed by atoms with van der Waals surface area (Å²) in [7, 11) is -3.89. The van der Waals surface area contributed by atoms with Crippen LogP contribution >= 0.6 is 34.3 Å². The molecule has 0 aromatic carbocycles. The summed E-state index contributed by atoms with van der Waals surface area (Å²) in [6.45, 7) is 1.82. The molecule has 0 saturated carbocycles. The molecule has 1 atom stereocenters. The zero-order valence-electron chi connectivity index (χ0n) is 10.6. The lowest BCUT2D eigenvalue weighted by Crippen LogP contribution is -2.27. The van der Waals surface area contributed by atoms with Crippen molar-refractivity contribution in [3.8, 4) is 0 Å². The molecule has 1 N–H and O–H groups in total. The Morgan fingerprint density at radius 2 is 2.29 bits per heavy atom. The second kappa shape index (κ2) is 6.36. The highest BCUT2D eigenvalue weighted by molar-refractivity contribution is 7.91. The monoisotopic (exact) mass is 367 g/mol. The quantitative estimate of drug-likeness (QED) is 0.623. The van der Waals surface area contributed by atoms with E-state index in [2.05, 4.69) is 9.71 Å². The van der Waals surface area contributed by atoms with Crippen molar-refractivity contribution in [2.24, 2.45) is 0 Å². The molecule has 114 valence electrons. The number of thiophene rings is 1. The summed E-state index contributed by atoms with van der Waals surface area (Å²) < 4.78 is 26.7. The third kappa shape index (κ3) is 3.58. The molecule has 2 aromatic heterocycles. The largest absolute Gasteiger partial charge is 0.300 e.